The number of pyridine rings is 1. The van der Waals surface area contributed by atoms with Gasteiger partial charge in [0.15, 0.2) is 0 Å². The lowest BCUT2D eigenvalue weighted by atomic mass is 10.1. The number of aliphatic imine (C=N–C) groups is 1. The van der Waals surface area contributed by atoms with Crippen molar-refractivity contribution in [3.05, 3.63) is 47.8 Å². The highest BCUT2D eigenvalue weighted by molar-refractivity contribution is 6.15. The summed E-state index contributed by atoms with van der Waals surface area (Å²) in [6.07, 6.45) is 5.58. The van der Waals surface area contributed by atoms with Crippen molar-refractivity contribution in [1.82, 2.24) is 15.6 Å². The van der Waals surface area contributed by atoms with Crippen LogP contribution in [0.25, 0.3) is 17.0 Å². The zero-order chi connectivity index (χ0) is 16.4. The van der Waals surface area contributed by atoms with Gasteiger partial charge in [-0.1, -0.05) is 12.1 Å². The smallest absolute Gasteiger partial charge is 0.274 e. The van der Waals surface area contributed by atoms with Crippen LogP contribution >= 0.6 is 0 Å². The van der Waals surface area contributed by atoms with Crippen LogP contribution < -0.4 is 10.6 Å². The van der Waals surface area contributed by atoms with Crippen molar-refractivity contribution in [2.24, 2.45) is 4.99 Å². The first-order chi connectivity index (χ1) is 11.8. The molecule has 2 aliphatic heterocycles. The first-order valence-corrected chi connectivity index (χ1v) is 8.08. The number of benzene rings is 1. The molecule has 2 N–H and O–H groups in total. The number of aromatic nitrogens is 1. The lowest BCUT2D eigenvalue weighted by molar-refractivity contribution is -0.115. The number of hydrogen-bond acceptors (Lipinski definition) is 4. The average Bonchev–Trinajstić information content (AvgIpc) is 2.95. The van der Waals surface area contributed by atoms with Crippen molar-refractivity contribution in [3.8, 4) is 0 Å². The predicted octanol–water partition coefficient (Wildman–Crippen LogP) is 1.83. The van der Waals surface area contributed by atoms with Crippen LogP contribution in [-0.2, 0) is 9.53 Å². The standard InChI is InChI=1S/C18H18N4O2/c23-17-16(21-18(22-17)20-14-4-2-8-24-11-14)10-12-5-6-15-13(9-12)3-1-7-19-15/h1,3,5-7,9-10,14H,2,4,8,11H2,(H2,20,21,22,23)/b16-10-/t14-/m1/s1. The van der Waals surface area contributed by atoms with Gasteiger partial charge in [0.2, 0.25) is 5.96 Å². The number of amides is 1. The summed E-state index contributed by atoms with van der Waals surface area (Å²) < 4.78 is 5.41. The summed E-state index contributed by atoms with van der Waals surface area (Å²) in [5, 5.41) is 6.88. The second kappa shape index (κ2) is 6.41. The number of hydrogen-bond donors (Lipinski definition) is 2. The maximum atomic E-state index is 12.1. The van der Waals surface area contributed by atoms with E-state index in [-0.39, 0.29) is 11.9 Å². The Morgan fingerprint density at radius 3 is 3.12 bits per heavy atom. The van der Waals surface area contributed by atoms with Gasteiger partial charge >= 0.3 is 0 Å². The molecule has 0 saturated carbocycles. The Hall–Kier alpha value is -2.73. The number of nitrogens with one attached hydrogen (secondary N) is 2. The molecule has 6 heteroatoms. The fourth-order valence-electron chi connectivity index (χ4n) is 2.92. The van der Waals surface area contributed by atoms with Gasteiger partial charge in [-0.15, -0.1) is 0 Å². The van der Waals surface area contributed by atoms with E-state index in [0.29, 0.717) is 18.3 Å². The monoisotopic (exact) mass is 322 g/mol. The van der Waals surface area contributed by atoms with Gasteiger partial charge in [0.25, 0.3) is 5.91 Å². The molecule has 2 fully saturated rings. The number of rotatable bonds is 2. The summed E-state index contributed by atoms with van der Waals surface area (Å²) >= 11 is 0. The number of ether oxygens (including phenoxy) is 1. The molecule has 3 heterocycles. The summed E-state index contributed by atoms with van der Waals surface area (Å²) in [6, 6.07) is 9.91. The van der Waals surface area contributed by atoms with E-state index in [1.165, 1.54) is 0 Å². The molecule has 0 radical (unpaired) electrons. The maximum absolute atomic E-state index is 12.1. The number of carbonyl (C=O) groups is 1. The molecule has 24 heavy (non-hydrogen) atoms. The Morgan fingerprint density at radius 1 is 1.29 bits per heavy atom. The van der Waals surface area contributed by atoms with Crippen LogP contribution in [0.2, 0.25) is 0 Å². The van der Waals surface area contributed by atoms with Crippen LogP contribution in [0.4, 0.5) is 0 Å². The molecule has 0 spiro atoms. The molecule has 1 atom stereocenters. The Labute approximate surface area is 139 Å². The van der Waals surface area contributed by atoms with Crippen molar-refractivity contribution in [3.63, 3.8) is 0 Å². The third kappa shape index (κ3) is 3.14. The van der Waals surface area contributed by atoms with Crippen molar-refractivity contribution >= 4 is 28.8 Å². The van der Waals surface area contributed by atoms with E-state index in [9.17, 15) is 4.79 Å². The summed E-state index contributed by atoms with van der Waals surface area (Å²) in [4.78, 5) is 21.0. The number of nitrogens with zero attached hydrogens (tertiary/aromatic N) is 2. The van der Waals surface area contributed by atoms with E-state index in [1.54, 1.807) is 6.20 Å². The minimum atomic E-state index is -0.170. The van der Waals surface area contributed by atoms with E-state index in [0.717, 1.165) is 35.9 Å². The molecular weight excluding hydrogens is 304 g/mol. The van der Waals surface area contributed by atoms with E-state index < -0.39 is 0 Å². The predicted molar refractivity (Wildman–Crippen MR) is 92.3 cm³/mol. The Morgan fingerprint density at radius 2 is 2.25 bits per heavy atom. The van der Waals surface area contributed by atoms with E-state index in [4.69, 9.17) is 4.74 Å². The second-order valence-corrected chi connectivity index (χ2v) is 5.94. The van der Waals surface area contributed by atoms with Crippen LogP contribution in [-0.4, -0.2) is 36.1 Å². The molecule has 0 unspecified atom stereocenters. The van der Waals surface area contributed by atoms with Gasteiger partial charge in [0, 0.05) is 18.2 Å². The van der Waals surface area contributed by atoms with E-state index in [2.05, 4.69) is 20.6 Å². The molecule has 2 aromatic rings. The molecule has 1 amide bonds. The first kappa shape index (κ1) is 14.8. The minimum Gasteiger partial charge on any atom is -0.379 e. The SMILES string of the molecule is O=C1NC(=N[C@@H]2CCCOC2)N/C1=C\c1ccc2ncccc2c1. The summed E-state index contributed by atoms with van der Waals surface area (Å²) in [7, 11) is 0. The first-order valence-electron chi connectivity index (χ1n) is 8.08. The normalized spacial score (nSPS) is 24.3. The van der Waals surface area contributed by atoms with Crippen LogP contribution in [0.1, 0.15) is 18.4 Å². The van der Waals surface area contributed by atoms with Crippen LogP contribution in [0, 0.1) is 0 Å². The molecule has 2 saturated heterocycles. The van der Waals surface area contributed by atoms with Gasteiger partial charge < -0.3 is 10.1 Å². The Kier molecular flexibility index (Phi) is 3.96. The largest absolute Gasteiger partial charge is 0.379 e. The highest BCUT2D eigenvalue weighted by Crippen LogP contribution is 2.16. The molecule has 1 aromatic carbocycles. The summed E-state index contributed by atoms with van der Waals surface area (Å²) in [6.45, 7) is 1.40. The fourth-order valence-corrected chi connectivity index (χ4v) is 2.92. The lowest BCUT2D eigenvalue weighted by Gasteiger charge is -2.18. The van der Waals surface area contributed by atoms with Gasteiger partial charge in [0.05, 0.1) is 18.2 Å². The molecule has 4 rings (SSSR count). The van der Waals surface area contributed by atoms with Crippen molar-refractivity contribution in [1.29, 1.82) is 0 Å². The van der Waals surface area contributed by atoms with E-state index >= 15 is 0 Å². The quantitative estimate of drug-likeness (QED) is 0.827. The zero-order valence-electron chi connectivity index (χ0n) is 13.2. The minimum absolute atomic E-state index is 0.104. The third-order valence-corrected chi connectivity index (χ3v) is 4.12. The third-order valence-electron chi connectivity index (χ3n) is 4.12. The molecule has 1 aromatic heterocycles. The Balaban J connectivity index is 1.55. The highest BCUT2D eigenvalue weighted by atomic mass is 16.5. The number of guanidine groups is 1. The lowest BCUT2D eigenvalue weighted by Crippen LogP contribution is -2.30. The highest BCUT2D eigenvalue weighted by Gasteiger charge is 2.23. The molecule has 0 bridgehead atoms. The molecule has 6 nitrogen and oxygen atoms in total. The van der Waals surface area contributed by atoms with Crippen molar-refractivity contribution in [2.45, 2.75) is 18.9 Å². The number of fused-ring (bicyclic) bond motifs is 1. The molecule has 122 valence electrons. The van der Waals surface area contributed by atoms with Crippen molar-refractivity contribution < 1.29 is 9.53 Å². The van der Waals surface area contributed by atoms with Crippen LogP contribution in [0.5, 0.6) is 0 Å². The maximum Gasteiger partial charge on any atom is 0.274 e. The van der Waals surface area contributed by atoms with Crippen LogP contribution in [0.15, 0.2) is 47.2 Å². The van der Waals surface area contributed by atoms with Crippen molar-refractivity contribution in [2.75, 3.05) is 13.2 Å². The summed E-state index contributed by atoms with van der Waals surface area (Å²) in [5.41, 5.74) is 2.37. The molecule has 0 aliphatic carbocycles. The molecular formula is C18H18N4O2. The fraction of sp³-hybridized carbons (Fsp3) is 0.278. The average molecular weight is 322 g/mol. The van der Waals surface area contributed by atoms with Gasteiger partial charge in [-0.2, -0.15) is 0 Å². The van der Waals surface area contributed by atoms with Gasteiger partial charge in [-0.05, 0) is 42.7 Å². The van der Waals surface area contributed by atoms with Gasteiger partial charge in [-0.3, -0.25) is 15.1 Å². The second-order valence-electron chi connectivity index (χ2n) is 5.94. The van der Waals surface area contributed by atoms with E-state index in [1.807, 2.05) is 36.4 Å². The topological polar surface area (TPSA) is 75.6 Å². The van der Waals surface area contributed by atoms with Gasteiger partial charge in [-0.25, -0.2) is 4.99 Å². The molecule has 2 aliphatic rings. The Bertz CT molecular complexity index is 838. The van der Waals surface area contributed by atoms with Crippen LogP contribution in [0.3, 0.4) is 0 Å². The zero-order valence-corrected chi connectivity index (χ0v) is 13.2. The summed E-state index contributed by atoms with van der Waals surface area (Å²) in [5.74, 6) is 0.334. The number of carbonyl (C=O) groups excluding carboxylic acids is 1. The van der Waals surface area contributed by atoms with Gasteiger partial charge in [0.1, 0.15) is 5.70 Å².